The minimum Gasteiger partial charge on any atom is -0.454 e. The summed E-state index contributed by atoms with van der Waals surface area (Å²) in [6.45, 7) is 1.86. The standard InChI is InChI=1S/C23H22Cl2N2O5/c1-14-2-4-16(5-3-14)22(30)26-27-13-17(12-20(27)28)23(31)32-19(10-11-24)21(29)15-6-8-18(25)9-7-15/h2-9,17,19H,10-13H2,1H3,(H,26,30)/t17-,19+/m1/s1. The lowest BCUT2D eigenvalue weighted by Crippen LogP contribution is -2.43. The predicted molar refractivity (Wildman–Crippen MR) is 119 cm³/mol. The van der Waals surface area contributed by atoms with Gasteiger partial charge in [0, 0.05) is 34.9 Å². The highest BCUT2D eigenvalue weighted by Gasteiger charge is 2.38. The van der Waals surface area contributed by atoms with Gasteiger partial charge in [-0.1, -0.05) is 29.3 Å². The second-order valence-electron chi connectivity index (χ2n) is 7.49. The summed E-state index contributed by atoms with van der Waals surface area (Å²) in [6, 6.07) is 13.1. The highest BCUT2D eigenvalue weighted by Crippen LogP contribution is 2.21. The summed E-state index contributed by atoms with van der Waals surface area (Å²) in [5.41, 5.74) is 4.25. The van der Waals surface area contributed by atoms with E-state index in [-0.39, 0.29) is 25.3 Å². The zero-order valence-corrected chi connectivity index (χ0v) is 18.9. The fraction of sp³-hybridized carbons (Fsp3) is 0.304. The van der Waals surface area contributed by atoms with Crippen molar-refractivity contribution in [3.63, 3.8) is 0 Å². The molecule has 168 valence electrons. The van der Waals surface area contributed by atoms with Crippen LogP contribution in [0.25, 0.3) is 0 Å². The molecule has 32 heavy (non-hydrogen) atoms. The molecular formula is C23H22Cl2N2O5. The summed E-state index contributed by atoms with van der Waals surface area (Å²) in [5, 5.41) is 1.58. The average molecular weight is 477 g/mol. The van der Waals surface area contributed by atoms with E-state index in [4.69, 9.17) is 27.9 Å². The number of ether oxygens (including phenoxy) is 1. The monoisotopic (exact) mass is 476 g/mol. The minimum absolute atomic E-state index is 0.0437. The molecule has 1 heterocycles. The van der Waals surface area contributed by atoms with Crippen LogP contribution in [0.4, 0.5) is 0 Å². The number of halogens is 2. The number of hydrogen-bond acceptors (Lipinski definition) is 5. The van der Waals surface area contributed by atoms with Crippen molar-refractivity contribution >= 4 is 46.8 Å². The van der Waals surface area contributed by atoms with Crippen LogP contribution in [0.3, 0.4) is 0 Å². The van der Waals surface area contributed by atoms with E-state index in [1.165, 1.54) is 0 Å². The average Bonchev–Trinajstić information content (AvgIpc) is 3.14. The number of carbonyl (C=O) groups excluding carboxylic acids is 4. The quantitative estimate of drug-likeness (QED) is 0.357. The van der Waals surface area contributed by atoms with Crippen LogP contribution in [0.5, 0.6) is 0 Å². The fourth-order valence-corrected chi connectivity index (χ4v) is 3.57. The van der Waals surface area contributed by atoms with E-state index in [0.717, 1.165) is 10.6 Å². The molecule has 2 amide bonds. The number of amides is 2. The molecule has 2 atom stereocenters. The maximum Gasteiger partial charge on any atom is 0.312 e. The van der Waals surface area contributed by atoms with E-state index in [2.05, 4.69) is 5.43 Å². The summed E-state index contributed by atoms with van der Waals surface area (Å²) in [7, 11) is 0. The molecule has 1 N–H and O–H groups in total. The molecule has 0 spiro atoms. The Kier molecular flexibility index (Phi) is 7.88. The molecule has 0 aromatic heterocycles. The summed E-state index contributed by atoms with van der Waals surface area (Å²) in [5.74, 6) is -2.65. The highest BCUT2D eigenvalue weighted by atomic mass is 35.5. The van der Waals surface area contributed by atoms with Gasteiger partial charge >= 0.3 is 5.97 Å². The van der Waals surface area contributed by atoms with E-state index in [1.54, 1.807) is 48.5 Å². The molecule has 1 aliphatic rings. The van der Waals surface area contributed by atoms with Gasteiger partial charge in [-0.2, -0.15) is 0 Å². The van der Waals surface area contributed by atoms with E-state index in [0.29, 0.717) is 16.1 Å². The van der Waals surface area contributed by atoms with Gasteiger partial charge < -0.3 is 4.74 Å². The first-order valence-corrected chi connectivity index (χ1v) is 10.9. The predicted octanol–water partition coefficient (Wildman–Crippen LogP) is 3.57. The molecule has 1 saturated heterocycles. The first kappa shape index (κ1) is 23.8. The molecule has 0 aliphatic carbocycles. The van der Waals surface area contributed by atoms with Gasteiger partial charge in [0.05, 0.1) is 12.5 Å². The van der Waals surface area contributed by atoms with Gasteiger partial charge in [-0.15, -0.1) is 11.6 Å². The van der Waals surface area contributed by atoms with Gasteiger partial charge in [-0.25, -0.2) is 0 Å². The van der Waals surface area contributed by atoms with E-state index < -0.39 is 35.6 Å². The van der Waals surface area contributed by atoms with Crippen LogP contribution >= 0.6 is 23.2 Å². The Bertz CT molecular complexity index is 1010. The molecule has 0 unspecified atom stereocenters. The van der Waals surface area contributed by atoms with Crippen molar-refractivity contribution in [2.24, 2.45) is 5.92 Å². The second kappa shape index (κ2) is 10.6. The van der Waals surface area contributed by atoms with Gasteiger partial charge in [0.1, 0.15) is 0 Å². The number of carbonyl (C=O) groups is 4. The van der Waals surface area contributed by atoms with Crippen molar-refractivity contribution in [1.82, 2.24) is 10.4 Å². The van der Waals surface area contributed by atoms with Crippen molar-refractivity contribution in [1.29, 1.82) is 0 Å². The maximum atomic E-state index is 12.7. The molecule has 0 radical (unpaired) electrons. The molecule has 1 aliphatic heterocycles. The number of nitrogens with one attached hydrogen (secondary N) is 1. The minimum atomic E-state index is -1.08. The van der Waals surface area contributed by atoms with Crippen molar-refractivity contribution in [3.05, 3.63) is 70.2 Å². The Labute approximate surface area is 195 Å². The number of alkyl halides is 1. The third kappa shape index (κ3) is 5.87. The van der Waals surface area contributed by atoms with Crippen LogP contribution < -0.4 is 5.43 Å². The number of esters is 1. The van der Waals surface area contributed by atoms with Crippen molar-refractivity contribution < 1.29 is 23.9 Å². The summed E-state index contributed by atoms with van der Waals surface area (Å²) < 4.78 is 5.42. The molecule has 3 rings (SSSR count). The topological polar surface area (TPSA) is 92.8 Å². The second-order valence-corrected chi connectivity index (χ2v) is 8.30. The number of hydrazine groups is 1. The number of ketones is 1. The van der Waals surface area contributed by atoms with Crippen LogP contribution in [0.2, 0.25) is 5.02 Å². The van der Waals surface area contributed by atoms with Gasteiger partial charge in [-0.05, 0) is 43.3 Å². The SMILES string of the molecule is Cc1ccc(C(=O)NN2C[C@H](C(=O)O[C@@H](CCCl)C(=O)c3ccc(Cl)cc3)CC2=O)cc1. The Morgan fingerprint density at radius 3 is 2.34 bits per heavy atom. The molecule has 9 heteroatoms. The van der Waals surface area contributed by atoms with Crippen molar-refractivity contribution in [2.45, 2.75) is 25.9 Å². The molecule has 2 aromatic carbocycles. The van der Waals surface area contributed by atoms with E-state index >= 15 is 0 Å². The number of hydrogen-bond donors (Lipinski definition) is 1. The molecular weight excluding hydrogens is 455 g/mol. The highest BCUT2D eigenvalue weighted by molar-refractivity contribution is 6.30. The van der Waals surface area contributed by atoms with Crippen LogP contribution in [-0.2, 0) is 14.3 Å². The molecule has 7 nitrogen and oxygen atoms in total. The largest absolute Gasteiger partial charge is 0.454 e. The zero-order chi connectivity index (χ0) is 23.3. The lowest BCUT2D eigenvalue weighted by Gasteiger charge is -2.19. The van der Waals surface area contributed by atoms with Gasteiger partial charge in [-0.3, -0.25) is 29.6 Å². The van der Waals surface area contributed by atoms with Gasteiger partial charge in [0.2, 0.25) is 11.7 Å². The van der Waals surface area contributed by atoms with E-state index in [9.17, 15) is 19.2 Å². The Balaban J connectivity index is 1.61. The maximum absolute atomic E-state index is 12.7. The Morgan fingerprint density at radius 1 is 1.09 bits per heavy atom. The summed E-state index contributed by atoms with van der Waals surface area (Å²) in [4.78, 5) is 50.1. The first-order chi connectivity index (χ1) is 15.3. The van der Waals surface area contributed by atoms with Crippen LogP contribution in [0, 0.1) is 12.8 Å². The van der Waals surface area contributed by atoms with E-state index in [1.807, 2.05) is 6.92 Å². The fourth-order valence-electron chi connectivity index (χ4n) is 3.24. The molecule has 2 aromatic rings. The van der Waals surface area contributed by atoms with Crippen LogP contribution in [0.15, 0.2) is 48.5 Å². The lowest BCUT2D eigenvalue weighted by molar-refractivity contribution is -0.151. The van der Waals surface area contributed by atoms with Gasteiger partial charge in [0.25, 0.3) is 5.91 Å². The number of aryl methyl sites for hydroxylation is 1. The first-order valence-electron chi connectivity index (χ1n) is 10.0. The number of Topliss-reactive ketones (excluding diaryl/α,β-unsaturated/α-hetero) is 1. The summed E-state index contributed by atoms with van der Waals surface area (Å²) >= 11 is 11.6. The van der Waals surface area contributed by atoms with Crippen molar-refractivity contribution in [2.75, 3.05) is 12.4 Å². The number of nitrogens with zero attached hydrogens (tertiary/aromatic N) is 1. The molecule has 1 fully saturated rings. The third-order valence-corrected chi connectivity index (χ3v) is 5.53. The smallest absolute Gasteiger partial charge is 0.312 e. The zero-order valence-electron chi connectivity index (χ0n) is 17.3. The van der Waals surface area contributed by atoms with Gasteiger partial charge in [0.15, 0.2) is 6.10 Å². The number of benzene rings is 2. The Hall–Kier alpha value is -2.90. The van der Waals surface area contributed by atoms with Crippen molar-refractivity contribution in [3.8, 4) is 0 Å². The normalized spacial score (nSPS) is 16.5. The number of rotatable bonds is 8. The molecule has 0 bridgehead atoms. The summed E-state index contributed by atoms with van der Waals surface area (Å²) in [6.07, 6.45) is -1.08. The van der Waals surface area contributed by atoms with Crippen LogP contribution in [-0.4, -0.2) is 47.1 Å². The third-order valence-electron chi connectivity index (χ3n) is 5.06. The molecule has 0 saturated carbocycles. The Morgan fingerprint density at radius 2 is 1.72 bits per heavy atom. The van der Waals surface area contributed by atoms with Crippen LogP contribution in [0.1, 0.15) is 39.1 Å². The lowest BCUT2D eigenvalue weighted by atomic mass is 10.0.